The third-order valence-corrected chi connectivity index (χ3v) is 2.90. The van der Waals surface area contributed by atoms with Crippen molar-refractivity contribution in [3.63, 3.8) is 0 Å². The van der Waals surface area contributed by atoms with Crippen molar-refractivity contribution in [2.75, 3.05) is 26.2 Å². The molecule has 0 bridgehead atoms. The summed E-state index contributed by atoms with van der Waals surface area (Å²) in [6, 6.07) is 8.61. The minimum Gasteiger partial charge on any atom is -0.315 e. The van der Waals surface area contributed by atoms with Crippen LogP contribution in [0.5, 0.6) is 0 Å². The third-order valence-electron chi connectivity index (χ3n) is 2.90. The van der Waals surface area contributed by atoms with E-state index in [4.69, 9.17) is 4.84 Å². The number of nitrogens with one attached hydrogen (secondary N) is 1. The normalized spacial score (nSPS) is 16.1. The first kappa shape index (κ1) is 11.6. The van der Waals surface area contributed by atoms with Gasteiger partial charge in [0.2, 0.25) is 0 Å². The topological polar surface area (TPSA) is 24.5 Å². The SMILES string of the molecule is CCNCCON1CCc2ccccc2C1. The van der Waals surface area contributed by atoms with Crippen molar-refractivity contribution < 1.29 is 4.84 Å². The summed E-state index contributed by atoms with van der Waals surface area (Å²) in [5.41, 5.74) is 2.87. The van der Waals surface area contributed by atoms with E-state index in [9.17, 15) is 0 Å². The van der Waals surface area contributed by atoms with E-state index in [1.165, 1.54) is 11.1 Å². The largest absolute Gasteiger partial charge is 0.315 e. The van der Waals surface area contributed by atoms with Crippen molar-refractivity contribution in [1.82, 2.24) is 10.4 Å². The fourth-order valence-electron chi connectivity index (χ4n) is 2.00. The summed E-state index contributed by atoms with van der Waals surface area (Å²) in [5, 5.41) is 5.32. The van der Waals surface area contributed by atoms with Crippen LogP contribution in [0.4, 0.5) is 0 Å². The van der Waals surface area contributed by atoms with Gasteiger partial charge in [-0.3, -0.25) is 4.84 Å². The zero-order valence-corrected chi connectivity index (χ0v) is 9.91. The van der Waals surface area contributed by atoms with Gasteiger partial charge in [-0.1, -0.05) is 31.2 Å². The standard InChI is InChI=1S/C13H20N2O/c1-2-14-8-10-16-15-9-7-12-5-3-4-6-13(12)11-15/h3-6,14H,2,7-11H2,1H3. The van der Waals surface area contributed by atoms with Crippen molar-refractivity contribution >= 4 is 0 Å². The summed E-state index contributed by atoms with van der Waals surface area (Å²) in [4.78, 5) is 5.71. The number of benzene rings is 1. The summed E-state index contributed by atoms with van der Waals surface area (Å²) in [5.74, 6) is 0. The zero-order chi connectivity index (χ0) is 11.2. The first-order valence-corrected chi connectivity index (χ1v) is 6.05. The Hall–Kier alpha value is -0.900. The van der Waals surface area contributed by atoms with E-state index in [-0.39, 0.29) is 0 Å². The number of nitrogens with zero attached hydrogens (tertiary/aromatic N) is 1. The molecule has 3 nitrogen and oxygen atoms in total. The van der Waals surface area contributed by atoms with Crippen LogP contribution in [0, 0.1) is 0 Å². The average Bonchev–Trinajstić information content (AvgIpc) is 2.34. The van der Waals surface area contributed by atoms with E-state index in [2.05, 4.69) is 41.6 Å². The van der Waals surface area contributed by atoms with Gasteiger partial charge in [0.1, 0.15) is 0 Å². The second-order valence-electron chi connectivity index (χ2n) is 4.07. The summed E-state index contributed by atoms with van der Waals surface area (Å²) in [6.07, 6.45) is 1.09. The predicted octanol–water partition coefficient (Wildman–Crippen LogP) is 1.59. The highest BCUT2D eigenvalue weighted by Gasteiger charge is 2.15. The van der Waals surface area contributed by atoms with E-state index >= 15 is 0 Å². The Balaban J connectivity index is 1.79. The molecule has 1 aromatic carbocycles. The van der Waals surface area contributed by atoms with Crippen molar-refractivity contribution in [3.8, 4) is 0 Å². The van der Waals surface area contributed by atoms with E-state index in [0.717, 1.165) is 39.2 Å². The molecule has 16 heavy (non-hydrogen) atoms. The highest BCUT2D eigenvalue weighted by molar-refractivity contribution is 5.28. The number of hydroxylamine groups is 2. The van der Waals surface area contributed by atoms with E-state index < -0.39 is 0 Å². The minimum absolute atomic E-state index is 0.760. The van der Waals surface area contributed by atoms with Crippen molar-refractivity contribution in [2.45, 2.75) is 19.9 Å². The van der Waals surface area contributed by atoms with Crippen LogP contribution in [0.3, 0.4) is 0 Å². The number of rotatable bonds is 5. The Labute approximate surface area is 97.4 Å². The van der Waals surface area contributed by atoms with Crippen LogP contribution in [0.15, 0.2) is 24.3 Å². The fraction of sp³-hybridized carbons (Fsp3) is 0.538. The fourth-order valence-corrected chi connectivity index (χ4v) is 2.00. The summed E-state index contributed by atoms with van der Waals surface area (Å²) in [6.45, 7) is 6.72. The van der Waals surface area contributed by atoms with Crippen LogP contribution in [-0.4, -0.2) is 31.3 Å². The highest BCUT2D eigenvalue weighted by Crippen LogP contribution is 2.18. The zero-order valence-electron chi connectivity index (χ0n) is 9.91. The van der Waals surface area contributed by atoms with Crippen molar-refractivity contribution in [1.29, 1.82) is 0 Å². The Bertz CT molecular complexity index is 327. The molecule has 1 aliphatic rings. The smallest absolute Gasteiger partial charge is 0.0809 e. The number of fused-ring (bicyclic) bond motifs is 1. The van der Waals surface area contributed by atoms with Crippen LogP contribution in [-0.2, 0) is 17.8 Å². The third kappa shape index (κ3) is 3.04. The second-order valence-corrected chi connectivity index (χ2v) is 4.07. The maximum absolute atomic E-state index is 5.71. The molecule has 0 aliphatic carbocycles. The summed E-state index contributed by atoms with van der Waals surface area (Å²) < 4.78 is 0. The van der Waals surface area contributed by atoms with Crippen molar-refractivity contribution in [3.05, 3.63) is 35.4 Å². The van der Waals surface area contributed by atoms with Crippen LogP contribution in [0.25, 0.3) is 0 Å². The first-order chi connectivity index (χ1) is 7.90. The molecule has 2 rings (SSSR count). The maximum atomic E-state index is 5.71. The molecular weight excluding hydrogens is 200 g/mol. The molecule has 88 valence electrons. The van der Waals surface area contributed by atoms with Gasteiger partial charge >= 0.3 is 0 Å². The number of hydrogen-bond acceptors (Lipinski definition) is 3. The summed E-state index contributed by atoms with van der Waals surface area (Å²) >= 11 is 0. The lowest BCUT2D eigenvalue weighted by Crippen LogP contribution is -2.33. The Morgan fingerprint density at radius 1 is 1.31 bits per heavy atom. The molecule has 3 heteroatoms. The molecule has 0 radical (unpaired) electrons. The predicted molar refractivity (Wildman–Crippen MR) is 65.1 cm³/mol. The molecule has 1 aliphatic heterocycles. The molecular formula is C13H20N2O. The van der Waals surface area contributed by atoms with Gasteiger partial charge in [0.25, 0.3) is 0 Å². The highest BCUT2D eigenvalue weighted by atomic mass is 16.7. The lowest BCUT2D eigenvalue weighted by atomic mass is 10.0. The Morgan fingerprint density at radius 2 is 2.12 bits per heavy atom. The molecule has 0 spiro atoms. The van der Waals surface area contributed by atoms with Gasteiger partial charge in [0.15, 0.2) is 0 Å². The molecule has 0 fully saturated rings. The molecule has 0 saturated heterocycles. The van der Waals surface area contributed by atoms with Crippen LogP contribution >= 0.6 is 0 Å². The maximum Gasteiger partial charge on any atom is 0.0809 e. The molecule has 0 aromatic heterocycles. The molecule has 1 N–H and O–H groups in total. The van der Waals surface area contributed by atoms with E-state index in [1.807, 2.05) is 0 Å². The van der Waals surface area contributed by atoms with Crippen LogP contribution in [0.2, 0.25) is 0 Å². The second kappa shape index (κ2) is 5.99. The van der Waals surface area contributed by atoms with Crippen LogP contribution in [0.1, 0.15) is 18.1 Å². The van der Waals surface area contributed by atoms with Crippen molar-refractivity contribution in [2.24, 2.45) is 0 Å². The van der Waals surface area contributed by atoms with Gasteiger partial charge in [0, 0.05) is 19.6 Å². The summed E-state index contributed by atoms with van der Waals surface area (Å²) in [7, 11) is 0. The van der Waals surface area contributed by atoms with Gasteiger partial charge in [-0.2, -0.15) is 5.06 Å². The van der Waals surface area contributed by atoms with E-state index in [1.54, 1.807) is 0 Å². The lowest BCUT2D eigenvalue weighted by Gasteiger charge is -2.27. The quantitative estimate of drug-likeness (QED) is 0.763. The minimum atomic E-state index is 0.760. The molecule has 1 aromatic rings. The van der Waals surface area contributed by atoms with Gasteiger partial charge in [0.05, 0.1) is 6.61 Å². The first-order valence-electron chi connectivity index (χ1n) is 6.05. The monoisotopic (exact) mass is 220 g/mol. The molecule has 1 heterocycles. The average molecular weight is 220 g/mol. The molecule has 0 saturated carbocycles. The number of likely N-dealkylation sites (N-methyl/N-ethyl adjacent to an activating group) is 1. The van der Waals surface area contributed by atoms with Gasteiger partial charge in [-0.05, 0) is 24.1 Å². The Kier molecular flexibility index (Phi) is 4.34. The van der Waals surface area contributed by atoms with Gasteiger partial charge < -0.3 is 5.32 Å². The van der Waals surface area contributed by atoms with Gasteiger partial charge in [-0.15, -0.1) is 0 Å². The lowest BCUT2D eigenvalue weighted by molar-refractivity contribution is -0.167. The Morgan fingerprint density at radius 3 is 2.94 bits per heavy atom. The number of hydrogen-bond donors (Lipinski definition) is 1. The van der Waals surface area contributed by atoms with Gasteiger partial charge in [-0.25, -0.2) is 0 Å². The molecule has 0 amide bonds. The molecule has 0 unspecified atom stereocenters. The molecule has 0 atom stereocenters. The van der Waals surface area contributed by atoms with E-state index in [0.29, 0.717) is 0 Å². The van der Waals surface area contributed by atoms with Crippen LogP contribution < -0.4 is 5.32 Å².